The van der Waals surface area contributed by atoms with Gasteiger partial charge in [0, 0.05) is 29.8 Å². The molecule has 7 heteroatoms. The summed E-state index contributed by atoms with van der Waals surface area (Å²) in [6.07, 6.45) is 0.379. The Kier molecular flexibility index (Phi) is 10.2. The van der Waals surface area contributed by atoms with E-state index in [9.17, 15) is 14.0 Å². The number of rotatable bonds is 11. The minimum absolute atomic E-state index is 0.0701. The third-order valence-corrected chi connectivity index (χ3v) is 6.59. The molecule has 0 saturated heterocycles. The maximum absolute atomic E-state index is 14.0. The van der Waals surface area contributed by atoms with E-state index >= 15 is 0 Å². The van der Waals surface area contributed by atoms with Gasteiger partial charge in [-0.05, 0) is 48.7 Å². The zero-order valence-corrected chi connectivity index (χ0v) is 21.5. The zero-order chi connectivity index (χ0) is 25.2. The van der Waals surface area contributed by atoms with Crippen molar-refractivity contribution in [3.8, 4) is 0 Å². The number of amides is 2. The van der Waals surface area contributed by atoms with Crippen LogP contribution in [0.4, 0.5) is 4.39 Å². The van der Waals surface area contributed by atoms with Crippen LogP contribution in [0.25, 0.3) is 0 Å². The summed E-state index contributed by atoms with van der Waals surface area (Å²) in [5.74, 6) is -0.203. The van der Waals surface area contributed by atoms with Gasteiger partial charge in [-0.2, -0.15) is 0 Å². The number of nitrogens with one attached hydrogen (secondary N) is 1. The number of hydrogen-bond donors (Lipinski definition) is 1. The molecule has 3 rings (SSSR count). The summed E-state index contributed by atoms with van der Waals surface area (Å²) in [7, 11) is 0. The number of carbonyl (C=O) groups excluding carboxylic acids is 2. The Morgan fingerprint density at radius 1 is 0.971 bits per heavy atom. The highest BCUT2D eigenvalue weighted by molar-refractivity contribution is 7.99. The van der Waals surface area contributed by atoms with Crippen LogP contribution in [0.5, 0.6) is 0 Å². The number of nitrogens with zero attached hydrogens (tertiary/aromatic N) is 1. The average molecular weight is 513 g/mol. The van der Waals surface area contributed by atoms with Crippen LogP contribution in [0.2, 0.25) is 5.02 Å². The summed E-state index contributed by atoms with van der Waals surface area (Å²) in [4.78, 5) is 28.5. The van der Waals surface area contributed by atoms with Crippen LogP contribution in [0.1, 0.15) is 30.5 Å². The Bertz CT molecular complexity index is 1130. The van der Waals surface area contributed by atoms with Gasteiger partial charge < -0.3 is 10.2 Å². The molecule has 1 atom stereocenters. The summed E-state index contributed by atoms with van der Waals surface area (Å²) in [5.41, 5.74) is 2.34. The van der Waals surface area contributed by atoms with Crippen molar-refractivity contribution in [1.29, 1.82) is 0 Å². The van der Waals surface area contributed by atoms with E-state index in [1.165, 1.54) is 17.8 Å². The Labute approximate surface area is 215 Å². The summed E-state index contributed by atoms with van der Waals surface area (Å²) in [6, 6.07) is 22.7. The molecule has 0 bridgehead atoms. The minimum Gasteiger partial charge on any atom is -0.352 e. The molecular weight excluding hydrogens is 483 g/mol. The van der Waals surface area contributed by atoms with Crippen molar-refractivity contribution in [3.63, 3.8) is 0 Å². The highest BCUT2D eigenvalue weighted by Gasteiger charge is 2.30. The second kappa shape index (κ2) is 13.3. The first-order chi connectivity index (χ1) is 16.8. The third-order valence-electron chi connectivity index (χ3n) is 5.38. The van der Waals surface area contributed by atoms with Gasteiger partial charge in [0.15, 0.2) is 0 Å². The van der Waals surface area contributed by atoms with E-state index in [1.54, 1.807) is 35.2 Å². The van der Waals surface area contributed by atoms with Crippen molar-refractivity contribution in [2.45, 2.75) is 44.6 Å². The first-order valence-corrected chi connectivity index (χ1v) is 13.1. The van der Waals surface area contributed by atoms with E-state index in [0.29, 0.717) is 22.8 Å². The highest BCUT2D eigenvalue weighted by Crippen LogP contribution is 2.21. The molecule has 0 spiro atoms. The molecule has 0 aromatic heterocycles. The van der Waals surface area contributed by atoms with Crippen LogP contribution >= 0.6 is 23.4 Å². The summed E-state index contributed by atoms with van der Waals surface area (Å²) >= 11 is 7.52. The number of benzene rings is 3. The molecule has 3 aromatic rings. The quantitative estimate of drug-likeness (QED) is 0.349. The van der Waals surface area contributed by atoms with E-state index in [0.717, 1.165) is 11.1 Å². The normalized spacial score (nSPS) is 11.8. The number of thioether (sulfide) groups is 1. The van der Waals surface area contributed by atoms with Crippen LogP contribution in [-0.2, 0) is 28.3 Å². The highest BCUT2D eigenvalue weighted by atomic mass is 35.5. The van der Waals surface area contributed by atoms with Crippen LogP contribution in [0.15, 0.2) is 78.9 Å². The van der Waals surface area contributed by atoms with Gasteiger partial charge in [0.05, 0.1) is 5.75 Å². The first-order valence-electron chi connectivity index (χ1n) is 11.5. The van der Waals surface area contributed by atoms with E-state index in [4.69, 9.17) is 11.6 Å². The SMILES string of the molecule is CC(C)NC(=O)[C@H](Cc1ccccc1)N(Cc1cccc(Cl)c1)C(=O)CSCc1ccccc1F. The van der Waals surface area contributed by atoms with Gasteiger partial charge in [-0.3, -0.25) is 9.59 Å². The Balaban J connectivity index is 1.85. The van der Waals surface area contributed by atoms with Gasteiger partial charge in [0.25, 0.3) is 0 Å². The standard InChI is InChI=1S/C28H30ClFN2O2S/c1-20(2)31-28(34)26(16-21-9-4-3-5-10-21)32(17-22-11-8-13-24(29)15-22)27(33)19-35-18-23-12-6-7-14-25(23)30/h3-15,20,26H,16-19H2,1-2H3,(H,31,34)/t26-/m0/s1. The Morgan fingerprint density at radius 2 is 1.66 bits per heavy atom. The molecular formula is C28H30ClFN2O2S. The number of carbonyl (C=O) groups is 2. The van der Waals surface area contributed by atoms with E-state index in [-0.39, 0.29) is 36.0 Å². The van der Waals surface area contributed by atoms with Crippen LogP contribution in [0.3, 0.4) is 0 Å². The fourth-order valence-electron chi connectivity index (χ4n) is 3.71. The van der Waals surface area contributed by atoms with E-state index in [1.807, 2.05) is 56.3 Å². The minimum atomic E-state index is -0.708. The lowest BCUT2D eigenvalue weighted by Gasteiger charge is -2.32. The van der Waals surface area contributed by atoms with Crippen molar-refractivity contribution in [2.75, 3.05) is 5.75 Å². The maximum atomic E-state index is 14.0. The first kappa shape index (κ1) is 26.8. The average Bonchev–Trinajstić information content (AvgIpc) is 2.82. The predicted octanol–water partition coefficient (Wildman–Crippen LogP) is 5.88. The van der Waals surface area contributed by atoms with Crippen molar-refractivity contribution in [2.24, 2.45) is 0 Å². The molecule has 0 aliphatic heterocycles. The van der Waals surface area contributed by atoms with Gasteiger partial charge in [-0.25, -0.2) is 4.39 Å². The van der Waals surface area contributed by atoms with E-state index < -0.39 is 6.04 Å². The predicted molar refractivity (Wildman–Crippen MR) is 142 cm³/mol. The topological polar surface area (TPSA) is 49.4 Å². The lowest BCUT2D eigenvalue weighted by atomic mass is 10.0. The summed E-state index contributed by atoms with van der Waals surface area (Å²) in [6.45, 7) is 4.03. The van der Waals surface area contributed by atoms with Crippen LogP contribution in [-0.4, -0.2) is 34.6 Å². The fraction of sp³-hybridized carbons (Fsp3) is 0.286. The molecule has 3 aromatic carbocycles. The van der Waals surface area contributed by atoms with Crippen LogP contribution in [0, 0.1) is 5.82 Å². The van der Waals surface area contributed by atoms with Crippen molar-refractivity contribution >= 4 is 35.2 Å². The molecule has 0 radical (unpaired) electrons. The fourth-order valence-corrected chi connectivity index (χ4v) is 4.82. The smallest absolute Gasteiger partial charge is 0.243 e. The number of hydrogen-bond acceptors (Lipinski definition) is 3. The zero-order valence-electron chi connectivity index (χ0n) is 19.9. The van der Waals surface area contributed by atoms with E-state index in [2.05, 4.69) is 5.32 Å². The van der Waals surface area contributed by atoms with Gasteiger partial charge in [0.2, 0.25) is 11.8 Å². The van der Waals surface area contributed by atoms with Gasteiger partial charge in [-0.1, -0.05) is 72.3 Å². The van der Waals surface area contributed by atoms with Gasteiger partial charge in [0.1, 0.15) is 11.9 Å². The summed E-state index contributed by atoms with van der Waals surface area (Å²) < 4.78 is 14.0. The number of halogens is 2. The lowest BCUT2D eigenvalue weighted by Crippen LogP contribution is -2.52. The molecule has 0 saturated carbocycles. The van der Waals surface area contributed by atoms with Gasteiger partial charge >= 0.3 is 0 Å². The maximum Gasteiger partial charge on any atom is 0.243 e. The van der Waals surface area contributed by atoms with Crippen LogP contribution < -0.4 is 5.32 Å². The van der Waals surface area contributed by atoms with Crippen molar-refractivity contribution < 1.29 is 14.0 Å². The van der Waals surface area contributed by atoms with Crippen molar-refractivity contribution in [3.05, 3.63) is 106 Å². The molecule has 0 aliphatic rings. The monoisotopic (exact) mass is 512 g/mol. The van der Waals surface area contributed by atoms with Crippen molar-refractivity contribution in [1.82, 2.24) is 10.2 Å². The molecule has 1 N–H and O–H groups in total. The lowest BCUT2D eigenvalue weighted by molar-refractivity contribution is -0.139. The largest absolute Gasteiger partial charge is 0.352 e. The molecule has 35 heavy (non-hydrogen) atoms. The molecule has 184 valence electrons. The van der Waals surface area contributed by atoms with Gasteiger partial charge in [-0.15, -0.1) is 11.8 Å². The molecule has 0 fully saturated rings. The molecule has 4 nitrogen and oxygen atoms in total. The third kappa shape index (κ3) is 8.41. The molecule has 0 unspecified atom stereocenters. The molecule has 0 aliphatic carbocycles. The molecule has 0 heterocycles. The Hall–Kier alpha value is -2.83. The Morgan fingerprint density at radius 3 is 2.34 bits per heavy atom. The second-order valence-corrected chi connectivity index (χ2v) is 10.0. The second-order valence-electron chi connectivity index (χ2n) is 8.60. The summed E-state index contributed by atoms with van der Waals surface area (Å²) in [5, 5.41) is 3.53. The molecule has 2 amide bonds.